The Morgan fingerprint density at radius 1 is 1.25 bits per heavy atom. The van der Waals surface area contributed by atoms with E-state index in [2.05, 4.69) is 31.8 Å². The van der Waals surface area contributed by atoms with Crippen LogP contribution in [0.2, 0.25) is 0 Å². The second-order valence-corrected chi connectivity index (χ2v) is 7.80. The van der Waals surface area contributed by atoms with Gasteiger partial charge in [-0.15, -0.1) is 11.3 Å². The van der Waals surface area contributed by atoms with Crippen molar-refractivity contribution in [3.63, 3.8) is 0 Å². The molecule has 0 bridgehead atoms. The molecule has 1 N–H and O–H groups in total. The molecule has 6 heteroatoms. The predicted molar refractivity (Wildman–Crippen MR) is 98.6 cm³/mol. The molecule has 1 atom stereocenters. The maximum atomic E-state index is 4.55. The Bertz CT molecular complexity index is 808. The van der Waals surface area contributed by atoms with Crippen molar-refractivity contribution in [1.29, 1.82) is 0 Å². The number of thiophene rings is 1. The first-order valence-corrected chi connectivity index (χ1v) is 9.58. The first-order valence-electron chi connectivity index (χ1n) is 8.76. The third-order valence-electron chi connectivity index (χ3n) is 4.70. The van der Waals surface area contributed by atoms with E-state index in [-0.39, 0.29) is 0 Å². The minimum atomic E-state index is 0.501. The summed E-state index contributed by atoms with van der Waals surface area (Å²) in [5, 5.41) is 4.85. The Morgan fingerprint density at radius 2 is 2.17 bits per heavy atom. The third-order valence-corrected chi connectivity index (χ3v) is 5.90. The number of hydrogen-bond donors (Lipinski definition) is 1. The van der Waals surface area contributed by atoms with Crippen molar-refractivity contribution in [2.45, 2.75) is 45.6 Å². The van der Waals surface area contributed by atoms with Crippen LogP contribution in [0.5, 0.6) is 0 Å². The lowest BCUT2D eigenvalue weighted by atomic mass is 10.1. The Kier molecular flexibility index (Phi) is 4.47. The van der Waals surface area contributed by atoms with Crippen LogP contribution in [0.1, 0.15) is 36.6 Å². The van der Waals surface area contributed by atoms with Gasteiger partial charge < -0.3 is 9.88 Å². The van der Waals surface area contributed by atoms with Crippen LogP contribution >= 0.6 is 11.3 Å². The van der Waals surface area contributed by atoms with Crippen LogP contribution in [0.25, 0.3) is 10.2 Å². The summed E-state index contributed by atoms with van der Waals surface area (Å²) in [5.41, 5.74) is 1.50. The number of aromatic nitrogens is 4. The highest BCUT2D eigenvalue weighted by molar-refractivity contribution is 7.18. The van der Waals surface area contributed by atoms with Gasteiger partial charge in [0, 0.05) is 30.4 Å². The van der Waals surface area contributed by atoms with Gasteiger partial charge >= 0.3 is 0 Å². The SMILES string of the molecule is CC(CNc1ncnc2sc3c(c12)CCCCC3)Cn1ccnc1. The molecule has 24 heavy (non-hydrogen) atoms. The molecule has 3 heterocycles. The van der Waals surface area contributed by atoms with Crippen molar-refractivity contribution < 1.29 is 0 Å². The summed E-state index contributed by atoms with van der Waals surface area (Å²) in [7, 11) is 0. The van der Waals surface area contributed by atoms with Gasteiger partial charge in [-0.2, -0.15) is 0 Å². The summed E-state index contributed by atoms with van der Waals surface area (Å²) in [5.74, 6) is 1.51. The molecule has 5 nitrogen and oxygen atoms in total. The van der Waals surface area contributed by atoms with Crippen LogP contribution in [-0.2, 0) is 19.4 Å². The van der Waals surface area contributed by atoms with Gasteiger partial charge in [0.1, 0.15) is 17.0 Å². The summed E-state index contributed by atoms with van der Waals surface area (Å²) >= 11 is 1.86. The van der Waals surface area contributed by atoms with Gasteiger partial charge in [0.05, 0.1) is 11.7 Å². The highest BCUT2D eigenvalue weighted by Gasteiger charge is 2.19. The van der Waals surface area contributed by atoms with Crippen molar-refractivity contribution in [3.8, 4) is 0 Å². The minimum absolute atomic E-state index is 0.501. The molecule has 3 aromatic heterocycles. The van der Waals surface area contributed by atoms with E-state index in [9.17, 15) is 0 Å². The molecular formula is C18H23N5S. The van der Waals surface area contributed by atoms with Gasteiger partial charge in [-0.25, -0.2) is 15.0 Å². The third kappa shape index (κ3) is 3.15. The van der Waals surface area contributed by atoms with Crippen molar-refractivity contribution in [3.05, 3.63) is 35.5 Å². The molecule has 0 fully saturated rings. The maximum Gasteiger partial charge on any atom is 0.138 e. The van der Waals surface area contributed by atoms with E-state index in [1.54, 1.807) is 6.33 Å². The number of aryl methyl sites for hydroxylation is 2. The lowest BCUT2D eigenvalue weighted by Gasteiger charge is -2.14. The van der Waals surface area contributed by atoms with Gasteiger partial charge in [-0.05, 0) is 37.2 Å². The van der Waals surface area contributed by atoms with Gasteiger partial charge in [0.2, 0.25) is 0 Å². The highest BCUT2D eigenvalue weighted by atomic mass is 32.1. The minimum Gasteiger partial charge on any atom is -0.369 e. The molecule has 0 amide bonds. The lowest BCUT2D eigenvalue weighted by molar-refractivity contribution is 0.502. The predicted octanol–water partition coefficient (Wildman–Crippen LogP) is 3.90. The van der Waals surface area contributed by atoms with Crippen LogP contribution < -0.4 is 5.32 Å². The average molecular weight is 341 g/mol. The van der Waals surface area contributed by atoms with Crippen LogP contribution in [-0.4, -0.2) is 26.1 Å². The van der Waals surface area contributed by atoms with E-state index in [0.29, 0.717) is 5.92 Å². The van der Waals surface area contributed by atoms with Gasteiger partial charge in [-0.1, -0.05) is 13.3 Å². The van der Waals surface area contributed by atoms with Crippen molar-refractivity contribution in [1.82, 2.24) is 19.5 Å². The monoisotopic (exact) mass is 341 g/mol. The Hall–Kier alpha value is -1.95. The van der Waals surface area contributed by atoms with Gasteiger partial charge in [0.25, 0.3) is 0 Å². The molecule has 0 aromatic carbocycles. The van der Waals surface area contributed by atoms with E-state index in [1.807, 2.05) is 30.1 Å². The summed E-state index contributed by atoms with van der Waals surface area (Å²) < 4.78 is 2.12. The van der Waals surface area contributed by atoms with Gasteiger partial charge in [0.15, 0.2) is 0 Å². The fourth-order valence-corrected chi connectivity index (χ4v) is 4.72. The summed E-state index contributed by atoms with van der Waals surface area (Å²) in [6.45, 7) is 4.11. The van der Waals surface area contributed by atoms with Crippen molar-refractivity contribution >= 4 is 27.4 Å². The highest BCUT2D eigenvalue weighted by Crippen LogP contribution is 2.37. The number of anilines is 1. The lowest BCUT2D eigenvalue weighted by Crippen LogP contribution is -2.17. The van der Waals surface area contributed by atoms with E-state index in [0.717, 1.165) is 23.7 Å². The molecule has 1 aliphatic rings. The van der Waals surface area contributed by atoms with Crippen molar-refractivity contribution in [2.24, 2.45) is 5.92 Å². The zero-order chi connectivity index (χ0) is 16.4. The van der Waals surface area contributed by atoms with Gasteiger partial charge in [-0.3, -0.25) is 0 Å². The number of hydrogen-bond acceptors (Lipinski definition) is 5. The van der Waals surface area contributed by atoms with E-state index >= 15 is 0 Å². The molecule has 0 radical (unpaired) electrons. The number of nitrogens with zero attached hydrogens (tertiary/aromatic N) is 4. The van der Waals surface area contributed by atoms with Crippen LogP contribution in [0, 0.1) is 5.92 Å². The number of imidazole rings is 1. The molecule has 1 aliphatic carbocycles. The average Bonchev–Trinajstić information content (AvgIpc) is 3.15. The topological polar surface area (TPSA) is 55.6 Å². The van der Waals surface area contributed by atoms with Crippen molar-refractivity contribution in [2.75, 3.05) is 11.9 Å². The largest absolute Gasteiger partial charge is 0.369 e. The molecule has 0 saturated carbocycles. The number of fused-ring (bicyclic) bond motifs is 3. The molecule has 126 valence electrons. The molecular weight excluding hydrogens is 318 g/mol. The first kappa shape index (κ1) is 15.6. The first-order chi connectivity index (χ1) is 11.8. The molecule has 3 aromatic rings. The molecule has 0 saturated heterocycles. The quantitative estimate of drug-likeness (QED) is 0.715. The second-order valence-electron chi connectivity index (χ2n) is 6.71. The van der Waals surface area contributed by atoms with Crippen LogP contribution in [0.3, 0.4) is 0 Å². The zero-order valence-electron chi connectivity index (χ0n) is 14.0. The second kappa shape index (κ2) is 6.89. The maximum absolute atomic E-state index is 4.55. The summed E-state index contributed by atoms with van der Waals surface area (Å²) in [6, 6.07) is 0. The number of nitrogens with one attached hydrogen (secondary N) is 1. The Labute approximate surface area is 146 Å². The normalized spacial score (nSPS) is 15.9. The van der Waals surface area contributed by atoms with E-state index in [1.165, 1.54) is 47.9 Å². The van der Waals surface area contributed by atoms with Crippen LogP contribution in [0.15, 0.2) is 25.0 Å². The van der Waals surface area contributed by atoms with E-state index in [4.69, 9.17) is 0 Å². The molecule has 1 unspecified atom stereocenters. The fourth-order valence-electron chi connectivity index (χ4n) is 3.49. The summed E-state index contributed by atoms with van der Waals surface area (Å²) in [6.07, 6.45) is 13.7. The van der Waals surface area contributed by atoms with Crippen LogP contribution in [0.4, 0.5) is 5.82 Å². The Morgan fingerprint density at radius 3 is 3.04 bits per heavy atom. The molecule has 0 aliphatic heterocycles. The smallest absolute Gasteiger partial charge is 0.138 e. The zero-order valence-corrected chi connectivity index (χ0v) is 14.9. The summed E-state index contributed by atoms with van der Waals surface area (Å²) in [4.78, 5) is 15.8. The number of rotatable bonds is 5. The standard InChI is InChI=1S/C18H23N5S/c1-13(10-23-8-7-19-12-23)9-20-17-16-14-5-3-2-4-6-15(14)24-18(16)22-11-21-17/h7-8,11-13H,2-6,9-10H2,1H3,(H,20,21,22). The fraction of sp³-hybridized carbons (Fsp3) is 0.500. The Balaban J connectivity index is 1.54. The molecule has 0 spiro atoms. The molecule has 4 rings (SSSR count). The van der Waals surface area contributed by atoms with E-state index < -0.39 is 0 Å².